The van der Waals surface area contributed by atoms with Gasteiger partial charge in [0.2, 0.25) is 5.91 Å². The predicted molar refractivity (Wildman–Crippen MR) is 55.2 cm³/mol. The third-order valence-corrected chi connectivity index (χ3v) is 0.952. The molecule has 0 aliphatic rings. The molecular formula is C9H22N2O2. The van der Waals surface area contributed by atoms with Crippen LogP contribution in [0.15, 0.2) is 0 Å². The van der Waals surface area contributed by atoms with Crippen LogP contribution in [0.1, 0.15) is 40.0 Å². The van der Waals surface area contributed by atoms with Gasteiger partial charge in [-0.1, -0.05) is 13.8 Å². The monoisotopic (exact) mass is 190 g/mol. The minimum atomic E-state index is -0.337. The highest BCUT2D eigenvalue weighted by Crippen LogP contribution is 1.93. The minimum absolute atomic E-state index is 0.108. The maximum absolute atomic E-state index is 10.3. The van der Waals surface area contributed by atoms with Crippen LogP contribution in [0.4, 0.5) is 0 Å². The van der Waals surface area contributed by atoms with Crippen molar-refractivity contribution in [3.05, 3.63) is 0 Å². The van der Waals surface area contributed by atoms with E-state index in [0.717, 1.165) is 0 Å². The number of hydrogen-bond donors (Lipinski definition) is 2. The van der Waals surface area contributed by atoms with E-state index in [1.807, 2.05) is 13.8 Å². The lowest BCUT2D eigenvalue weighted by Crippen LogP contribution is -2.10. The van der Waals surface area contributed by atoms with Gasteiger partial charge in [-0.05, 0) is 20.4 Å². The molecule has 0 atom stereocenters. The van der Waals surface area contributed by atoms with Crippen molar-refractivity contribution in [1.29, 1.82) is 0 Å². The SMILES string of the molecule is CC.CC(=O)CCCC(N)=O.CN. The number of primary amides is 1. The normalized spacial score (nSPS) is 7.15. The summed E-state index contributed by atoms with van der Waals surface area (Å²) >= 11 is 0. The lowest BCUT2D eigenvalue weighted by atomic mass is 10.2. The van der Waals surface area contributed by atoms with Crippen LogP contribution in [0.25, 0.3) is 0 Å². The average molecular weight is 190 g/mol. The largest absolute Gasteiger partial charge is 0.370 e. The molecule has 13 heavy (non-hydrogen) atoms. The van der Waals surface area contributed by atoms with E-state index in [4.69, 9.17) is 5.73 Å². The molecule has 0 unspecified atom stereocenters. The number of amides is 1. The van der Waals surface area contributed by atoms with Crippen LogP contribution >= 0.6 is 0 Å². The Morgan fingerprint density at radius 2 is 1.46 bits per heavy atom. The summed E-state index contributed by atoms with van der Waals surface area (Å²) in [5.41, 5.74) is 9.33. The fourth-order valence-electron chi connectivity index (χ4n) is 0.512. The van der Waals surface area contributed by atoms with Gasteiger partial charge in [0, 0.05) is 12.8 Å². The summed E-state index contributed by atoms with van der Waals surface area (Å²) in [6.07, 6.45) is 1.37. The van der Waals surface area contributed by atoms with Crippen LogP contribution in [-0.2, 0) is 9.59 Å². The van der Waals surface area contributed by atoms with Crippen molar-refractivity contribution in [3.63, 3.8) is 0 Å². The quantitative estimate of drug-likeness (QED) is 0.688. The third-order valence-electron chi connectivity index (χ3n) is 0.952. The van der Waals surface area contributed by atoms with E-state index < -0.39 is 0 Å². The molecule has 0 heterocycles. The molecule has 0 saturated carbocycles. The van der Waals surface area contributed by atoms with Gasteiger partial charge in [0.05, 0.1) is 0 Å². The Kier molecular flexibility index (Phi) is 23.9. The van der Waals surface area contributed by atoms with Gasteiger partial charge >= 0.3 is 0 Å². The van der Waals surface area contributed by atoms with Crippen molar-refractivity contribution in [2.24, 2.45) is 11.5 Å². The number of nitrogens with two attached hydrogens (primary N) is 2. The Labute approximate surface area is 80.7 Å². The zero-order chi connectivity index (χ0) is 11.3. The summed E-state index contributed by atoms with van der Waals surface area (Å²) in [6, 6.07) is 0. The van der Waals surface area contributed by atoms with E-state index in [9.17, 15) is 9.59 Å². The van der Waals surface area contributed by atoms with Crippen molar-refractivity contribution >= 4 is 11.7 Å². The highest BCUT2D eigenvalue weighted by Gasteiger charge is 1.95. The van der Waals surface area contributed by atoms with Gasteiger partial charge in [-0.15, -0.1) is 0 Å². The van der Waals surface area contributed by atoms with Crippen LogP contribution in [0.5, 0.6) is 0 Å². The van der Waals surface area contributed by atoms with Crippen molar-refractivity contribution in [2.45, 2.75) is 40.0 Å². The molecule has 4 nitrogen and oxygen atoms in total. The lowest BCUT2D eigenvalue weighted by Gasteiger charge is -1.90. The first-order valence-electron chi connectivity index (χ1n) is 4.48. The second-order valence-electron chi connectivity index (χ2n) is 2.02. The fraction of sp³-hybridized carbons (Fsp3) is 0.778. The van der Waals surface area contributed by atoms with Gasteiger partial charge in [-0.2, -0.15) is 0 Å². The topological polar surface area (TPSA) is 86.2 Å². The smallest absolute Gasteiger partial charge is 0.217 e. The zero-order valence-electron chi connectivity index (χ0n) is 9.09. The first kappa shape index (κ1) is 18.0. The van der Waals surface area contributed by atoms with E-state index in [1.54, 1.807) is 0 Å². The van der Waals surface area contributed by atoms with Gasteiger partial charge < -0.3 is 16.3 Å². The zero-order valence-corrected chi connectivity index (χ0v) is 9.09. The first-order chi connectivity index (χ1) is 6.13. The molecular weight excluding hydrogens is 168 g/mol. The first-order valence-corrected chi connectivity index (χ1v) is 4.48. The molecule has 0 aromatic carbocycles. The van der Waals surface area contributed by atoms with E-state index in [0.29, 0.717) is 19.3 Å². The van der Waals surface area contributed by atoms with E-state index in [2.05, 4.69) is 5.73 Å². The maximum atomic E-state index is 10.3. The number of carbonyl (C=O) groups excluding carboxylic acids is 2. The molecule has 0 aromatic rings. The second kappa shape index (κ2) is 17.3. The molecule has 0 bridgehead atoms. The Morgan fingerprint density at radius 1 is 1.08 bits per heavy atom. The van der Waals surface area contributed by atoms with Crippen molar-refractivity contribution < 1.29 is 9.59 Å². The number of hydrogen-bond acceptors (Lipinski definition) is 3. The molecule has 0 aliphatic heterocycles. The average Bonchev–Trinajstić information content (AvgIpc) is 2.10. The fourth-order valence-corrected chi connectivity index (χ4v) is 0.512. The van der Waals surface area contributed by atoms with Crippen LogP contribution in [0, 0.1) is 0 Å². The molecule has 4 N–H and O–H groups in total. The van der Waals surface area contributed by atoms with E-state index >= 15 is 0 Å². The summed E-state index contributed by atoms with van der Waals surface area (Å²) < 4.78 is 0. The van der Waals surface area contributed by atoms with Gasteiger partial charge in [-0.3, -0.25) is 4.79 Å². The van der Waals surface area contributed by atoms with E-state index in [1.165, 1.54) is 14.0 Å². The van der Waals surface area contributed by atoms with Gasteiger partial charge in [0.25, 0.3) is 0 Å². The summed E-state index contributed by atoms with van der Waals surface area (Å²) in [6.45, 7) is 5.50. The third kappa shape index (κ3) is 35.3. The summed E-state index contributed by atoms with van der Waals surface area (Å²) in [5, 5.41) is 0. The number of ketones is 1. The van der Waals surface area contributed by atoms with Crippen LogP contribution in [-0.4, -0.2) is 18.7 Å². The molecule has 0 aromatic heterocycles. The van der Waals surface area contributed by atoms with Crippen LogP contribution < -0.4 is 11.5 Å². The Bertz CT molecular complexity index is 111. The van der Waals surface area contributed by atoms with Crippen LogP contribution in [0.3, 0.4) is 0 Å². The summed E-state index contributed by atoms with van der Waals surface area (Å²) in [5.74, 6) is -0.229. The predicted octanol–water partition coefficient (Wildman–Crippen LogP) is 0.832. The van der Waals surface area contributed by atoms with Gasteiger partial charge in [0.1, 0.15) is 5.78 Å². The number of Topliss-reactive ketones (excluding diaryl/α,β-unsaturated/α-hetero) is 1. The molecule has 80 valence electrons. The molecule has 1 amide bonds. The molecule has 0 spiro atoms. The highest BCUT2D eigenvalue weighted by molar-refractivity contribution is 5.77. The van der Waals surface area contributed by atoms with Crippen molar-refractivity contribution in [1.82, 2.24) is 0 Å². The standard InChI is InChI=1S/C6H11NO2.C2H6.CH5N/c1-5(8)3-2-4-6(7)9;2*1-2/h2-4H2,1H3,(H2,7,9);1-2H3;2H2,1H3. The second-order valence-corrected chi connectivity index (χ2v) is 2.02. The lowest BCUT2D eigenvalue weighted by molar-refractivity contribution is -0.118. The summed E-state index contributed by atoms with van der Waals surface area (Å²) in [4.78, 5) is 20.4. The molecule has 0 fully saturated rings. The van der Waals surface area contributed by atoms with E-state index in [-0.39, 0.29) is 11.7 Å². The Balaban J connectivity index is -0.000000218. The van der Waals surface area contributed by atoms with Crippen molar-refractivity contribution in [3.8, 4) is 0 Å². The van der Waals surface area contributed by atoms with Crippen molar-refractivity contribution in [2.75, 3.05) is 7.05 Å². The molecule has 0 rings (SSSR count). The van der Waals surface area contributed by atoms with Crippen LogP contribution in [0.2, 0.25) is 0 Å². The van der Waals surface area contributed by atoms with Gasteiger partial charge in [-0.25, -0.2) is 0 Å². The molecule has 4 heteroatoms. The number of rotatable bonds is 4. The molecule has 0 aliphatic carbocycles. The Hall–Kier alpha value is -0.900. The molecule has 0 radical (unpaired) electrons. The summed E-state index contributed by atoms with van der Waals surface area (Å²) in [7, 11) is 1.50. The minimum Gasteiger partial charge on any atom is -0.370 e. The van der Waals surface area contributed by atoms with Gasteiger partial charge in [0.15, 0.2) is 0 Å². The molecule has 0 saturated heterocycles. The maximum Gasteiger partial charge on any atom is 0.217 e. The Morgan fingerprint density at radius 3 is 1.69 bits per heavy atom. The number of carbonyl (C=O) groups is 2. The highest BCUT2D eigenvalue weighted by atomic mass is 16.1.